The average Bonchev–Trinajstić information content (AvgIpc) is 2.85. The highest BCUT2D eigenvalue weighted by atomic mass is 79.9. The van der Waals surface area contributed by atoms with Gasteiger partial charge in [-0.1, -0.05) is 46.3 Å². The van der Waals surface area contributed by atoms with Gasteiger partial charge in [0.1, 0.15) is 5.60 Å². The van der Waals surface area contributed by atoms with Crippen LogP contribution in [0.3, 0.4) is 0 Å². The topological polar surface area (TPSA) is 29.5 Å². The molecule has 4 heteroatoms. The first-order valence-electron chi connectivity index (χ1n) is 7.70. The summed E-state index contributed by atoms with van der Waals surface area (Å²) >= 11 is 3.54. The Morgan fingerprint density at radius 1 is 1.17 bits per heavy atom. The first-order valence-corrected chi connectivity index (χ1v) is 8.49. The number of amides is 1. The summed E-state index contributed by atoms with van der Waals surface area (Å²) in [4.78, 5) is 14.3. The van der Waals surface area contributed by atoms with Crippen LogP contribution in [0.15, 0.2) is 53.0 Å². The summed E-state index contributed by atoms with van der Waals surface area (Å²) in [5, 5.41) is 0. The second-order valence-electron chi connectivity index (χ2n) is 6.76. The molecule has 0 N–H and O–H groups in total. The van der Waals surface area contributed by atoms with Crippen LogP contribution in [0.2, 0.25) is 0 Å². The van der Waals surface area contributed by atoms with Crippen molar-refractivity contribution >= 4 is 27.7 Å². The predicted octanol–water partition coefficient (Wildman–Crippen LogP) is 5.34. The molecule has 2 aromatic carbocycles. The average molecular weight is 374 g/mol. The fourth-order valence-electron chi connectivity index (χ4n) is 2.89. The Morgan fingerprint density at radius 3 is 2.52 bits per heavy atom. The van der Waals surface area contributed by atoms with Crippen LogP contribution in [0.5, 0.6) is 0 Å². The standard InChI is InChI=1S/C19H20BrNO2/c1-19(2,3)23-18(22)21-12-16(13-7-5-4-6-8-13)15-11-14(20)9-10-17(15)21/h4-11,16H,12H2,1-3H3. The Labute approximate surface area is 145 Å². The van der Waals surface area contributed by atoms with Crippen LogP contribution in [-0.4, -0.2) is 18.2 Å². The molecule has 1 heterocycles. The Bertz CT molecular complexity index is 722. The molecule has 0 radical (unpaired) electrons. The maximum Gasteiger partial charge on any atom is 0.414 e. The van der Waals surface area contributed by atoms with Crippen LogP contribution >= 0.6 is 15.9 Å². The highest BCUT2D eigenvalue weighted by Crippen LogP contribution is 2.42. The Hall–Kier alpha value is -1.81. The first-order chi connectivity index (χ1) is 10.8. The SMILES string of the molecule is CC(C)(C)OC(=O)N1CC(c2ccccc2)c2cc(Br)ccc21. The molecule has 23 heavy (non-hydrogen) atoms. The van der Waals surface area contributed by atoms with E-state index < -0.39 is 5.60 Å². The molecule has 1 amide bonds. The molecule has 0 saturated carbocycles. The van der Waals surface area contributed by atoms with E-state index in [0.29, 0.717) is 6.54 Å². The smallest absolute Gasteiger partial charge is 0.414 e. The van der Waals surface area contributed by atoms with Crippen molar-refractivity contribution in [2.24, 2.45) is 0 Å². The summed E-state index contributed by atoms with van der Waals surface area (Å²) < 4.78 is 6.59. The molecule has 3 nitrogen and oxygen atoms in total. The molecule has 2 aromatic rings. The van der Waals surface area contributed by atoms with E-state index in [4.69, 9.17) is 4.74 Å². The number of ether oxygens (including phenoxy) is 1. The van der Waals surface area contributed by atoms with E-state index in [-0.39, 0.29) is 12.0 Å². The van der Waals surface area contributed by atoms with Crippen LogP contribution in [-0.2, 0) is 4.74 Å². The Morgan fingerprint density at radius 2 is 1.87 bits per heavy atom. The van der Waals surface area contributed by atoms with Crippen LogP contribution in [0, 0.1) is 0 Å². The zero-order valence-electron chi connectivity index (χ0n) is 13.5. The lowest BCUT2D eigenvalue weighted by atomic mass is 9.93. The zero-order chi connectivity index (χ0) is 16.6. The number of halogens is 1. The fraction of sp³-hybridized carbons (Fsp3) is 0.316. The number of hydrogen-bond acceptors (Lipinski definition) is 2. The Kier molecular flexibility index (Phi) is 4.19. The normalized spacial score (nSPS) is 17.0. The molecule has 1 unspecified atom stereocenters. The minimum absolute atomic E-state index is 0.163. The summed E-state index contributed by atoms with van der Waals surface area (Å²) in [6, 6.07) is 16.3. The predicted molar refractivity (Wildman–Crippen MR) is 96.0 cm³/mol. The van der Waals surface area contributed by atoms with Gasteiger partial charge in [-0.25, -0.2) is 4.79 Å². The van der Waals surface area contributed by atoms with Gasteiger partial charge in [0.2, 0.25) is 0 Å². The lowest BCUT2D eigenvalue weighted by Gasteiger charge is -2.25. The van der Waals surface area contributed by atoms with Crippen molar-refractivity contribution in [1.29, 1.82) is 0 Å². The fourth-order valence-corrected chi connectivity index (χ4v) is 3.27. The third-order valence-corrected chi connectivity index (χ3v) is 4.33. The van der Waals surface area contributed by atoms with E-state index in [2.05, 4.69) is 34.1 Å². The maximum atomic E-state index is 12.6. The monoisotopic (exact) mass is 373 g/mol. The number of fused-ring (bicyclic) bond motifs is 1. The van der Waals surface area contributed by atoms with E-state index >= 15 is 0 Å². The van der Waals surface area contributed by atoms with Gasteiger partial charge in [0.25, 0.3) is 0 Å². The van der Waals surface area contributed by atoms with Crippen molar-refractivity contribution in [3.05, 3.63) is 64.1 Å². The van der Waals surface area contributed by atoms with Gasteiger partial charge in [0.05, 0.1) is 5.69 Å². The molecule has 1 atom stereocenters. The molecule has 0 saturated heterocycles. The molecule has 0 aliphatic carbocycles. The minimum atomic E-state index is -0.503. The van der Waals surface area contributed by atoms with Gasteiger partial charge in [0, 0.05) is 16.9 Å². The zero-order valence-corrected chi connectivity index (χ0v) is 15.1. The molecule has 3 rings (SSSR count). The van der Waals surface area contributed by atoms with E-state index in [1.807, 2.05) is 51.1 Å². The summed E-state index contributed by atoms with van der Waals surface area (Å²) in [6.45, 7) is 6.26. The molecule has 0 fully saturated rings. The lowest BCUT2D eigenvalue weighted by Crippen LogP contribution is -2.36. The van der Waals surface area contributed by atoms with E-state index in [1.54, 1.807) is 4.90 Å². The summed E-state index contributed by atoms with van der Waals surface area (Å²) in [6.07, 6.45) is -0.292. The van der Waals surface area contributed by atoms with Crippen molar-refractivity contribution in [1.82, 2.24) is 0 Å². The molecule has 0 aromatic heterocycles. The van der Waals surface area contributed by atoms with Gasteiger partial charge in [-0.2, -0.15) is 0 Å². The minimum Gasteiger partial charge on any atom is -0.443 e. The summed E-state index contributed by atoms with van der Waals surface area (Å²) in [7, 11) is 0. The van der Waals surface area contributed by atoms with Crippen LogP contribution in [0.25, 0.3) is 0 Å². The van der Waals surface area contributed by atoms with Gasteiger partial charge in [0.15, 0.2) is 0 Å². The molecular formula is C19H20BrNO2. The van der Waals surface area contributed by atoms with Crippen molar-refractivity contribution < 1.29 is 9.53 Å². The third kappa shape index (κ3) is 3.42. The second kappa shape index (κ2) is 6.00. The lowest BCUT2D eigenvalue weighted by molar-refractivity contribution is 0.0583. The number of nitrogens with zero attached hydrogens (tertiary/aromatic N) is 1. The van der Waals surface area contributed by atoms with E-state index in [9.17, 15) is 4.79 Å². The maximum absolute atomic E-state index is 12.6. The van der Waals surface area contributed by atoms with E-state index in [1.165, 1.54) is 5.56 Å². The van der Waals surface area contributed by atoms with Gasteiger partial charge < -0.3 is 4.74 Å². The number of carbonyl (C=O) groups excluding carboxylic acids is 1. The molecule has 120 valence electrons. The molecule has 1 aliphatic rings. The molecule has 0 spiro atoms. The largest absolute Gasteiger partial charge is 0.443 e. The van der Waals surface area contributed by atoms with Gasteiger partial charge >= 0.3 is 6.09 Å². The number of rotatable bonds is 1. The molecular weight excluding hydrogens is 354 g/mol. The van der Waals surface area contributed by atoms with Crippen molar-refractivity contribution in [3.8, 4) is 0 Å². The molecule has 1 aliphatic heterocycles. The van der Waals surface area contributed by atoms with Crippen molar-refractivity contribution in [2.45, 2.75) is 32.3 Å². The molecule has 0 bridgehead atoms. The summed E-state index contributed by atoms with van der Waals surface area (Å²) in [5.74, 6) is 0.163. The third-order valence-electron chi connectivity index (χ3n) is 3.84. The highest BCUT2D eigenvalue weighted by Gasteiger charge is 2.35. The van der Waals surface area contributed by atoms with Gasteiger partial charge in [-0.15, -0.1) is 0 Å². The quantitative estimate of drug-likeness (QED) is 0.675. The van der Waals surface area contributed by atoms with Gasteiger partial charge in [-0.05, 0) is 50.1 Å². The van der Waals surface area contributed by atoms with Crippen molar-refractivity contribution in [3.63, 3.8) is 0 Å². The summed E-state index contributed by atoms with van der Waals surface area (Å²) in [5.41, 5.74) is 2.78. The Balaban J connectivity index is 1.98. The first kappa shape index (κ1) is 16.1. The van der Waals surface area contributed by atoms with Gasteiger partial charge in [-0.3, -0.25) is 4.90 Å². The van der Waals surface area contributed by atoms with Crippen LogP contribution in [0.4, 0.5) is 10.5 Å². The van der Waals surface area contributed by atoms with Crippen LogP contribution in [0.1, 0.15) is 37.8 Å². The highest BCUT2D eigenvalue weighted by molar-refractivity contribution is 9.10. The number of anilines is 1. The second-order valence-corrected chi connectivity index (χ2v) is 7.67. The number of hydrogen-bond donors (Lipinski definition) is 0. The number of benzene rings is 2. The number of carbonyl (C=O) groups is 1. The van der Waals surface area contributed by atoms with E-state index in [0.717, 1.165) is 15.7 Å². The van der Waals surface area contributed by atoms with Crippen molar-refractivity contribution in [2.75, 3.05) is 11.4 Å². The van der Waals surface area contributed by atoms with Crippen LogP contribution < -0.4 is 4.90 Å².